The molecule has 92 valence electrons. The third-order valence-electron chi connectivity index (χ3n) is 3.89. The van der Waals surface area contributed by atoms with Crippen LogP contribution in [0.3, 0.4) is 0 Å². The standard InChI is InChI=1S/C16H23N/c1-13-7-5-6-10-15(13)11-16(12-17)14-8-3-2-4-9-14/h5-7,10-11,14H,2-4,8-9,12,17H2,1H3. The molecule has 0 bridgehead atoms. The fourth-order valence-corrected chi connectivity index (χ4v) is 2.77. The predicted molar refractivity (Wildman–Crippen MR) is 74.8 cm³/mol. The lowest BCUT2D eigenvalue weighted by Crippen LogP contribution is -2.16. The van der Waals surface area contributed by atoms with Crippen LogP contribution in [0.2, 0.25) is 0 Å². The van der Waals surface area contributed by atoms with E-state index in [9.17, 15) is 0 Å². The third kappa shape index (κ3) is 3.19. The molecule has 1 aromatic rings. The van der Waals surface area contributed by atoms with Gasteiger partial charge in [0.05, 0.1) is 0 Å². The Kier molecular flexibility index (Phi) is 4.38. The van der Waals surface area contributed by atoms with Gasteiger partial charge in [-0.2, -0.15) is 0 Å². The van der Waals surface area contributed by atoms with Crippen molar-refractivity contribution in [2.45, 2.75) is 39.0 Å². The molecule has 1 aliphatic carbocycles. The fraction of sp³-hybridized carbons (Fsp3) is 0.500. The Labute approximate surface area is 105 Å². The fourth-order valence-electron chi connectivity index (χ4n) is 2.77. The molecular formula is C16H23N. The second-order valence-corrected chi connectivity index (χ2v) is 5.11. The summed E-state index contributed by atoms with van der Waals surface area (Å²) in [6, 6.07) is 8.55. The van der Waals surface area contributed by atoms with Crippen LogP contribution in [0.15, 0.2) is 29.8 Å². The zero-order chi connectivity index (χ0) is 12.1. The van der Waals surface area contributed by atoms with Gasteiger partial charge in [-0.15, -0.1) is 0 Å². The van der Waals surface area contributed by atoms with Gasteiger partial charge in [-0.25, -0.2) is 0 Å². The molecule has 0 amide bonds. The summed E-state index contributed by atoms with van der Waals surface area (Å²) in [6.45, 7) is 2.87. The average Bonchev–Trinajstić information content (AvgIpc) is 2.39. The van der Waals surface area contributed by atoms with E-state index in [4.69, 9.17) is 5.73 Å². The van der Waals surface area contributed by atoms with Crippen LogP contribution in [0.1, 0.15) is 43.2 Å². The number of hydrogen-bond acceptors (Lipinski definition) is 1. The van der Waals surface area contributed by atoms with Crippen LogP contribution in [0.4, 0.5) is 0 Å². The number of rotatable bonds is 3. The normalized spacial score (nSPS) is 18.4. The molecular weight excluding hydrogens is 206 g/mol. The summed E-state index contributed by atoms with van der Waals surface area (Å²) in [7, 11) is 0. The van der Waals surface area contributed by atoms with Crippen LogP contribution in [-0.2, 0) is 0 Å². The smallest absolute Gasteiger partial charge is 0.0142 e. The molecule has 0 heterocycles. The lowest BCUT2D eigenvalue weighted by atomic mass is 9.83. The van der Waals surface area contributed by atoms with E-state index in [1.165, 1.54) is 48.8 Å². The molecule has 1 fully saturated rings. The minimum atomic E-state index is 0.707. The second kappa shape index (κ2) is 6.02. The summed E-state index contributed by atoms with van der Waals surface area (Å²) in [6.07, 6.45) is 9.12. The van der Waals surface area contributed by atoms with Gasteiger partial charge in [0.1, 0.15) is 0 Å². The predicted octanol–water partition coefficient (Wildman–Crippen LogP) is 3.92. The maximum Gasteiger partial charge on any atom is 0.0142 e. The Balaban J connectivity index is 2.19. The van der Waals surface area contributed by atoms with E-state index in [0.717, 1.165) is 5.92 Å². The van der Waals surface area contributed by atoms with E-state index in [1.807, 2.05) is 0 Å². The quantitative estimate of drug-likeness (QED) is 0.835. The molecule has 0 spiro atoms. The summed E-state index contributed by atoms with van der Waals surface area (Å²) in [5, 5.41) is 0. The summed E-state index contributed by atoms with van der Waals surface area (Å²) in [5.41, 5.74) is 10.1. The van der Waals surface area contributed by atoms with Gasteiger partial charge in [0.2, 0.25) is 0 Å². The minimum Gasteiger partial charge on any atom is -0.327 e. The van der Waals surface area contributed by atoms with E-state index < -0.39 is 0 Å². The van der Waals surface area contributed by atoms with Crippen LogP contribution >= 0.6 is 0 Å². The molecule has 0 atom stereocenters. The lowest BCUT2D eigenvalue weighted by Gasteiger charge is -2.24. The Morgan fingerprint density at radius 1 is 1.24 bits per heavy atom. The molecule has 0 unspecified atom stereocenters. The minimum absolute atomic E-state index is 0.707. The maximum absolute atomic E-state index is 5.93. The molecule has 0 aliphatic heterocycles. The Morgan fingerprint density at radius 3 is 2.59 bits per heavy atom. The van der Waals surface area contributed by atoms with E-state index in [1.54, 1.807) is 0 Å². The van der Waals surface area contributed by atoms with Crippen molar-refractivity contribution < 1.29 is 0 Å². The zero-order valence-electron chi connectivity index (χ0n) is 10.8. The van der Waals surface area contributed by atoms with Gasteiger partial charge in [0.25, 0.3) is 0 Å². The molecule has 0 saturated heterocycles. The lowest BCUT2D eigenvalue weighted by molar-refractivity contribution is 0.401. The van der Waals surface area contributed by atoms with Crippen molar-refractivity contribution >= 4 is 6.08 Å². The van der Waals surface area contributed by atoms with Gasteiger partial charge >= 0.3 is 0 Å². The van der Waals surface area contributed by atoms with E-state index in [0.29, 0.717) is 6.54 Å². The van der Waals surface area contributed by atoms with Gasteiger partial charge in [0.15, 0.2) is 0 Å². The highest BCUT2D eigenvalue weighted by molar-refractivity contribution is 5.57. The molecule has 2 rings (SSSR count). The number of benzene rings is 1. The van der Waals surface area contributed by atoms with Crippen molar-refractivity contribution in [1.82, 2.24) is 0 Å². The van der Waals surface area contributed by atoms with Crippen molar-refractivity contribution in [3.63, 3.8) is 0 Å². The highest BCUT2D eigenvalue weighted by Crippen LogP contribution is 2.30. The van der Waals surface area contributed by atoms with Gasteiger partial charge in [0, 0.05) is 6.54 Å². The molecule has 0 aromatic heterocycles. The molecule has 1 aliphatic rings. The van der Waals surface area contributed by atoms with Crippen molar-refractivity contribution in [1.29, 1.82) is 0 Å². The monoisotopic (exact) mass is 229 g/mol. The average molecular weight is 229 g/mol. The van der Waals surface area contributed by atoms with E-state index in [-0.39, 0.29) is 0 Å². The van der Waals surface area contributed by atoms with Gasteiger partial charge in [-0.1, -0.05) is 55.2 Å². The Morgan fingerprint density at radius 2 is 1.94 bits per heavy atom. The molecule has 2 N–H and O–H groups in total. The van der Waals surface area contributed by atoms with Gasteiger partial charge in [-0.3, -0.25) is 0 Å². The molecule has 1 nitrogen and oxygen atoms in total. The topological polar surface area (TPSA) is 26.0 Å². The summed E-state index contributed by atoms with van der Waals surface area (Å²) in [4.78, 5) is 0. The van der Waals surface area contributed by atoms with Crippen LogP contribution in [0.25, 0.3) is 6.08 Å². The highest BCUT2D eigenvalue weighted by Gasteiger charge is 2.16. The van der Waals surface area contributed by atoms with Crippen molar-refractivity contribution in [3.8, 4) is 0 Å². The molecule has 17 heavy (non-hydrogen) atoms. The summed E-state index contributed by atoms with van der Waals surface area (Å²) in [5.74, 6) is 0.730. The zero-order valence-corrected chi connectivity index (χ0v) is 10.8. The van der Waals surface area contributed by atoms with E-state index >= 15 is 0 Å². The third-order valence-corrected chi connectivity index (χ3v) is 3.89. The van der Waals surface area contributed by atoms with Gasteiger partial charge < -0.3 is 5.73 Å². The molecule has 1 saturated carbocycles. The Bertz CT molecular complexity index is 386. The number of nitrogens with two attached hydrogens (primary N) is 1. The Hall–Kier alpha value is -1.08. The number of hydrogen-bond donors (Lipinski definition) is 1. The van der Waals surface area contributed by atoms with Crippen LogP contribution in [0, 0.1) is 12.8 Å². The first kappa shape index (κ1) is 12.4. The van der Waals surface area contributed by atoms with Gasteiger partial charge in [-0.05, 0) is 36.8 Å². The molecule has 0 radical (unpaired) electrons. The van der Waals surface area contributed by atoms with Crippen LogP contribution < -0.4 is 5.73 Å². The number of aryl methyl sites for hydroxylation is 1. The maximum atomic E-state index is 5.93. The summed E-state index contributed by atoms with van der Waals surface area (Å²) >= 11 is 0. The largest absolute Gasteiger partial charge is 0.327 e. The van der Waals surface area contributed by atoms with Crippen molar-refractivity contribution in [3.05, 3.63) is 41.0 Å². The SMILES string of the molecule is Cc1ccccc1C=C(CN)C1CCCCC1. The summed E-state index contributed by atoms with van der Waals surface area (Å²) < 4.78 is 0. The van der Waals surface area contributed by atoms with Crippen LogP contribution in [-0.4, -0.2) is 6.54 Å². The van der Waals surface area contributed by atoms with E-state index in [2.05, 4.69) is 37.3 Å². The first-order chi connectivity index (χ1) is 8.31. The first-order valence-corrected chi connectivity index (χ1v) is 6.77. The van der Waals surface area contributed by atoms with Crippen molar-refractivity contribution in [2.75, 3.05) is 6.54 Å². The molecule has 1 heteroatoms. The highest BCUT2D eigenvalue weighted by atomic mass is 14.5. The van der Waals surface area contributed by atoms with Crippen molar-refractivity contribution in [2.24, 2.45) is 11.7 Å². The second-order valence-electron chi connectivity index (χ2n) is 5.11. The first-order valence-electron chi connectivity index (χ1n) is 6.77. The molecule has 1 aromatic carbocycles. The van der Waals surface area contributed by atoms with Crippen LogP contribution in [0.5, 0.6) is 0 Å².